The van der Waals surface area contributed by atoms with Crippen LogP contribution in [-0.2, 0) is 11.3 Å². The smallest absolute Gasteiger partial charge is 0.285 e. The molecule has 0 spiro atoms. The van der Waals surface area contributed by atoms with E-state index in [4.69, 9.17) is 15.8 Å². The van der Waals surface area contributed by atoms with Gasteiger partial charge >= 0.3 is 0 Å². The molecular formula is CH4N4O2S. The van der Waals surface area contributed by atoms with Crippen LogP contribution in [0.1, 0.15) is 0 Å². The molecule has 0 aromatic heterocycles. The lowest BCUT2D eigenvalue weighted by Gasteiger charge is -1.80. The van der Waals surface area contributed by atoms with Crippen molar-refractivity contribution in [3.63, 3.8) is 0 Å². The van der Waals surface area contributed by atoms with Gasteiger partial charge in [0, 0.05) is 0 Å². The number of hydrogen-bond donors (Lipinski definition) is 3. The molecule has 0 aliphatic carbocycles. The Morgan fingerprint density at radius 2 is 2.38 bits per heavy atom. The standard InChI is InChI=1S/CH4N4O2S/c2-1(4-3)5-8(6)7/h3H,(H2,2,5)(H,6,7). The first-order valence-electron chi connectivity index (χ1n) is 1.49. The highest BCUT2D eigenvalue weighted by Crippen LogP contribution is 1.75. The fourth-order valence-electron chi connectivity index (χ4n) is 0.100. The monoisotopic (exact) mass is 136 g/mol. The highest BCUT2D eigenvalue weighted by molar-refractivity contribution is 7.78. The molecule has 4 N–H and O–H groups in total. The molecule has 46 valence electrons. The van der Waals surface area contributed by atoms with Crippen molar-refractivity contribution in [3.8, 4) is 0 Å². The maximum absolute atomic E-state index is 9.67. The van der Waals surface area contributed by atoms with Gasteiger partial charge in [-0.15, -0.1) is 9.51 Å². The van der Waals surface area contributed by atoms with Crippen LogP contribution in [0.3, 0.4) is 0 Å². The lowest BCUT2D eigenvalue weighted by atomic mass is 11.1. The molecule has 0 saturated carbocycles. The van der Waals surface area contributed by atoms with Gasteiger partial charge in [-0.2, -0.15) is 0 Å². The molecule has 0 aliphatic heterocycles. The van der Waals surface area contributed by atoms with Crippen LogP contribution in [-0.4, -0.2) is 14.7 Å². The third kappa shape index (κ3) is 3.37. The first-order valence-corrected chi connectivity index (χ1v) is 2.55. The fourth-order valence-corrected chi connectivity index (χ4v) is 0.301. The normalized spacial score (nSPS) is 15.4. The molecule has 0 aliphatic rings. The number of guanidine groups is 1. The van der Waals surface area contributed by atoms with E-state index in [1.165, 1.54) is 0 Å². The van der Waals surface area contributed by atoms with Gasteiger partial charge in [0.05, 0.1) is 0 Å². The summed E-state index contributed by atoms with van der Waals surface area (Å²) in [7, 11) is 0. The Hall–Kier alpha value is -0.820. The topological polar surface area (TPSA) is 112 Å². The molecule has 0 saturated heterocycles. The van der Waals surface area contributed by atoms with E-state index in [9.17, 15) is 4.21 Å². The average molecular weight is 136 g/mol. The molecule has 0 aromatic carbocycles. The van der Waals surface area contributed by atoms with Gasteiger partial charge in [0.25, 0.3) is 11.3 Å². The SMILES string of the molecule is N=NC(N)=NS(=O)O. The van der Waals surface area contributed by atoms with E-state index in [2.05, 4.69) is 9.51 Å². The van der Waals surface area contributed by atoms with E-state index in [0.717, 1.165) is 0 Å². The number of nitrogens with one attached hydrogen (secondary N) is 1. The Morgan fingerprint density at radius 3 is 2.50 bits per heavy atom. The highest BCUT2D eigenvalue weighted by atomic mass is 32.2. The van der Waals surface area contributed by atoms with Crippen molar-refractivity contribution in [3.05, 3.63) is 0 Å². The molecular weight excluding hydrogens is 132 g/mol. The van der Waals surface area contributed by atoms with Crippen LogP contribution >= 0.6 is 0 Å². The number of rotatable bonds is 1. The van der Waals surface area contributed by atoms with Gasteiger partial charge < -0.3 is 5.73 Å². The molecule has 0 fully saturated rings. The van der Waals surface area contributed by atoms with E-state index >= 15 is 0 Å². The quantitative estimate of drug-likeness (QED) is 0.195. The minimum atomic E-state index is -2.35. The van der Waals surface area contributed by atoms with Gasteiger partial charge in [0.1, 0.15) is 0 Å². The molecule has 7 heteroatoms. The maximum Gasteiger partial charge on any atom is 0.285 e. The predicted molar refractivity (Wildman–Crippen MR) is 27.5 cm³/mol. The van der Waals surface area contributed by atoms with Crippen LogP contribution < -0.4 is 5.73 Å². The zero-order valence-corrected chi connectivity index (χ0v) is 4.55. The Kier molecular flexibility index (Phi) is 2.89. The molecule has 0 heterocycles. The molecule has 0 radical (unpaired) electrons. The summed E-state index contributed by atoms with van der Waals surface area (Å²) >= 11 is -2.35. The molecule has 0 aromatic rings. The molecule has 1 unspecified atom stereocenters. The van der Waals surface area contributed by atoms with E-state index < -0.39 is 17.2 Å². The third-order valence-corrected chi connectivity index (χ3v) is 0.629. The summed E-state index contributed by atoms with van der Waals surface area (Å²) in [6.07, 6.45) is 0. The van der Waals surface area contributed by atoms with Crippen molar-refractivity contribution in [2.24, 2.45) is 15.2 Å². The molecule has 0 bridgehead atoms. The van der Waals surface area contributed by atoms with E-state index in [0.29, 0.717) is 0 Å². The van der Waals surface area contributed by atoms with Crippen molar-refractivity contribution in [2.45, 2.75) is 0 Å². The number of nitrogens with zero attached hydrogens (tertiary/aromatic N) is 2. The Balaban J connectivity index is 3.94. The minimum absolute atomic E-state index is 0.508. The first kappa shape index (κ1) is 7.18. The molecule has 6 nitrogen and oxygen atoms in total. The lowest BCUT2D eigenvalue weighted by molar-refractivity contribution is 0.566. The van der Waals surface area contributed by atoms with Gasteiger partial charge in [0.15, 0.2) is 0 Å². The maximum atomic E-state index is 9.67. The van der Waals surface area contributed by atoms with Crippen molar-refractivity contribution in [1.29, 1.82) is 5.53 Å². The summed E-state index contributed by atoms with van der Waals surface area (Å²) in [5.41, 5.74) is 10.8. The zero-order chi connectivity index (χ0) is 6.57. The van der Waals surface area contributed by atoms with E-state index in [1.807, 2.05) is 0 Å². The van der Waals surface area contributed by atoms with E-state index in [-0.39, 0.29) is 0 Å². The van der Waals surface area contributed by atoms with Gasteiger partial charge in [-0.05, 0) is 0 Å². The summed E-state index contributed by atoms with van der Waals surface area (Å²) in [5.74, 6) is -0.508. The Labute approximate surface area is 47.7 Å². The second kappa shape index (κ2) is 3.22. The number of nitrogens with two attached hydrogens (primary N) is 1. The number of hydrogen-bond acceptors (Lipinski definition) is 2. The third-order valence-electron chi connectivity index (χ3n) is 0.286. The lowest BCUT2D eigenvalue weighted by Crippen LogP contribution is -2.07. The highest BCUT2D eigenvalue weighted by Gasteiger charge is 1.87. The summed E-state index contributed by atoms with van der Waals surface area (Å²) in [6, 6.07) is 0. The second-order valence-corrected chi connectivity index (χ2v) is 1.44. The average Bonchev–Trinajstić information content (AvgIpc) is 1.65. The predicted octanol–water partition coefficient (Wildman–Crippen LogP) is -0.531. The van der Waals surface area contributed by atoms with Crippen LogP contribution in [0.2, 0.25) is 0 Å². The Bertz CT molecular complexity index is 141. The van der Waals surface area contributed by atoms with Crippen LogP contribution in [0, 0.1) is 5.53 Å². The summed E-state index contributed by atoms with van der Waals surface area (Å²) in [5, 5.41) is 2.55. The van der Waals surface area contributed by atoms with Crippen molar-refractivity contribution in [2.75, 3.05) is 0 Å². The summed E-state index contributed by atoms with van der Waals surface area (Å²) < 4.78 is 20.3. The molecule has 0 rings (SSSR count). The molecule has 8 heavy (non-hydrogen) atoms. The fraction of sp³-hybridized carbons (Fsp3) is 0. The van der Waals surface area contributed by atoms with Gasteiger partial charge in [-0.25, -0.2) is 9.74 Å². The zero-order valence-electron chi connectivity index (χ0n) is 3.74. The van der Waals surface area contributed by atoms with E-state index in [1.54, 1.807) is 0 Å². The largest absolute Gasteiger partial charge is 0.366 e. The molecule has 1 atom stereocenters. The second-order valence-electron chi connectivity index (χ2n) is 0.792. The minimum Gasteiger partial charge on any atom is -0.366 e. The van der Waals surface area contributed by atoms with Crippen molar-refractivity contribution >= 4 is 17.2 Å². The Morgan fingerprint density at radius 1 is 1.88 bits per heavy atom. The van der Waals surface area contributed by atoms with Gasteiger partial charge in [-0.3, -0.25) is 4.55 Å². The van der Waals surface area contributed by atoms with Crippen LogP contribution in [0.4, 0.5) is 0 Å². The van der Waals surface area contributed by atoms with Crippen LogP contribution in [0.25, 0.3) is 0 Å². The van der Waals surface area contributed by atoms with Crippen molar-refractivity contribution in [1.82, 2.24) is 0 Å². The van der Waals surface area contributed by atoms with Crippen LogP contribution in [0.5, 0.6) is 0 Å². The van der Waals surface area contributed by atoms with Gasteiger partial charge in [-0.1, -0.05) is 0 Å². The first-order chi connectivity index (χ1) is 3.66. The van der Waals surface area contributed by atoms with Crippen LogP contribution in [0.15, 0.2) is 9.51 Å². The van der Waals surface area contributed by atoms with Gasteiger partial charge in [0.2, 0.25) is 5.96 Å². The summed E-state index contributed by atoms with van der Waals surface area (Å²) in [4.78, 5) is 0. The molecule has 0 amide bonds. The summed E-state index contributed by atoms with van der Waals surface area (Å²) in [6.45, 7) is 0. The van der Waals surface area contributed by atoms with Crippen molar-refractivity contribution < 1.29 is 8.76 Å².